The number of carbonyl (C=O) groups is 1. The number of amides is 1. The second-order valence-corrected chi connectivity index (χ2v) is 8.05. The summed E-state index contributed by atoms with van der Waals surface area (Å²) < 4.78 is 0. The van der Waals surface area contributed by atoms with Gasteiger partial charge in [0.25, 0.3) is 5.91 Å². The van der Waals surface area contributed by atoms with Crippen LogP contribution in [0.25, 0.3) is 5.57 Å². The molecular formula is C21H22N3OS+. The van der Waals surface area contributed by atoms with E-state index in [9.17, 15) is 10.1 Å². The number of nitriles is 1. The van der Waals surface area contributed by atoms with E-state index in [1.54, 1.807) is 11.3 Å². The molecule has 0 bridgehead atoms. The Morgan fingerprint density at radius 3 is 2.81 bits per heavy atom. The van der Waals surface area contributed by atoms with Crippen LogP contribution in [0.2, 0.25) is 0 Å². The molecule has 0 fully saturated rings. The largest absolute Gasteiger partial charge is 0.324 e. The zero-order chi connectivity index (χ0) is 17.9. The van der Waals surface area contributed by atoms with Crippen LogP contribution in [0.5, 0.6) is 0 Å². The lowest BCUT2D eigenvalue weighted by molar-refractivity contribution is -0.886. The van der Waals surface area contributed by atoms with Gasteiger partial charge in [-0.2, -0.15) is 5.26 Å². The van der Waals surface area contributed by atoms with Crippen molar-refractivity contribution in [1.82, 2.24) is 0 Å². The van der Waals surface area contributed by atoms with Crippen LogP contribution in [-0.4, -0.2) is 25.5 Å². The van der Waals surface area contributed by atoms with E-state index < -0.39 is 0 Å². The van der Waals surface area contributed by atoms with Gasteiger partial charge in [-0.3, -0.25) is 4.79 Å². The lowest BCUT2D eigenvalue weighted by Crippen LogP contribution is -3.13. The van der Waals surface area contributed by atoms with Gasteiger partial charge in [0.1, 0.15) is 11.1 Å². The SMILES string of the molecule is N#Cc1c(NC(=O)C[NH+]2CC=C(c3ccccc3)CC2)sc2c1CCC2. The number of quaternary nitrogens is 1. The smallest absolute Gasteiger partial charge is 0.280 e. The van der Waals surface area contributed by atoms with Crippen LogP contribution in [0.15, 0.2) is 36.4 Å². The highest BCUT2D eigenvalue weighted by Crippen LogP contribution is 2.38. The predicted molar refractivity (Wildman–Crippen MR) is 104 cm³/mol. The molecule has 1 aliphatic heterocycles. The Kier molecular flexibility index (Phi) is 4.87. The molecule has 0 spiro atoms. The van der Waals surface area contributed by atoms with Crippen LogP contribution in [-0.2, 0) is 17.6 Å². The summed E-state index contributed by atoms with van der Waals surface area (Å²) in [6.07, 6.45) is 6.37. The van der Waals surface area contributed by atoms with Crippen LogP contribution in [0.1, 0.15) is 34.4 Å². The highest BCUT2D eigenvalue weighted by molar-refractivity contribution is 7.16. The Labute approximate surface area is 157 Å². The molecule has 0 saturated carbocycles. The zero-order valence-electron chi connectivity index (χ0n) is 14.7. The Bertz CT molecular complexity index is 892. The number of hydrogen-bond donors (Lipinski definition) is 2. The Morgan fingerprint density at radius 1 is 1.23 bits per heavy atom. The molecule has 1 atom stereocenters. The van der Waals surface area contributed by atoms with Gasteiger partial charge in [-0.05, 0) is 42.0 Å². The number of rotatable bonds is 4. The van der Waals surface area contributed by atoms with E-state index in [0.29, 0.717) is 12.1 Å². The van der Waals surface area contributed by atoms with Crippen molar-refractivity contribution < 1.29 is 9.69 Å². The molecule has 1 aromatic carbocycles. The summed E-state index contributed by atoms with van der Waals surface area (Å²) in [5.41, 5.74) is 4.50. The summed E-state index contributed by atoms with van der Waals surface area (Å²) >= 11 is 1.59. The number of hydrogen-bond acceptors (Lipinski definition) is 3. The highest BCUT2D eigenvalue weighted by Gasteiger charge is 2.24. The van der Waals surface area contributed by atoms with E-state index >= 15 is 0 Å². The molecule has 2 aromatic rings. The molecule has 132 valence electrons. The maximum absolute atomic E-state index is 12.5. The number of nitrogens with one attached hydrogen (secondary N) is 2. The Hall–Kier alpha value is -2.42. The van der Waals surface area contributed by atoms with E-state index in [-0.39, 0.29) is 5.91 Å². The van der Waals surface area contributed by atoms with Gasteiger partial charge in [0.15, 0.2) is 6.54 Å². The molecule has 5 heteroatoms. The molecule has 4 nitrogen and oxygen atoms in total. The second kappa shape index (κ2) is 7.45. The summed E-state index contributed by atoms with van der Waals surface area (Å²) in [5, 5.41) is 13.2. The lowest BCUT2D eigenvalue weighted by atomic mass is 10.00. The van der Waals surface area contributed by atoms with Gasteiger partial charge >= 0.3 is 0 Å². The summed E-state index contributed by atoms with van der Waals surface area (Å²) in [5.74, 6) is 0.00739. The van der Waals surface area contributed by atoms with Crippen LogP contribution in [0, 0.1) is 11.3 Å². The van der Waals surface area contributed by atoms with Crippen molar-refractivity contribution in [1.29, 1.82) is 5.26 Å². The number of benzene rings is 1. The van der Waals surface area contributed by atoms with Gasteiger partial charge in [-0.25, -0.2) is 0 Å². The first-order valence-corrected chi connectivity index (χ1v) is 9.98. The maximum Gasteiger partial charge on any atom is 0.280 e. The lowest BCUT2D eigenvalue weighted by Gasteiger charge is -2.23. The fraction of sp³-hybridized carbons (Fsp3) is 0.333. The molecule has 26 heavy (non-hydrogen) atoms. The van der Waals surface area contributed by atoms with Gasteiger partial charge in [-0.15, -0.1) is 11.3 Å². The molecule has 4 rings (SSSR count). The topological polar surface area (TPSA) is 57.3 Å². The van der Waals surface area contributed by atoms with E-state index in [4.69, 9.17) is 0 Å². The number of thiophene rings is 1. The van der Waals surface area contributed by atoms with E-state index in [2.05, 4.69) is 41.7 Å². The highest BCUT2D eigenvalue weighted by atomic mass is 32.1. The van der Waals surface area contributed by atoms with Gasteiger partial charge in [0, 0.05) is 11.3 Å². The number of carbonyl (C=O) groups excluding carboxylic acids is 1. The second-order valence-electron chi connectivity index (χ2n) is 6.95. The van der Waals surface area contributed by atoms with Gasteiger partial charge in [-0.1, -0.05) is 30.3 Å². The monoisotopic (exact) mass is 364 g/mol. The normalized spacial score (nSPS) is 18.7. The molecule has 0 radical (unpaired) electrons. The molecular weight excluding hydrogens is 342 g/mol. The van der Waals surface area contributed by atoms with Gasteiger partial charge < -0.3 is 10.2 Å². The average Bonchev–Trinajstić information content (AvgIpc) is 3.23. The quantitative estimate of drug-likeness (QED) is 0.875. The van der Waals surface area contributed by atoms with Crippen molar-refractivity contribution in [2.45, 2.75) is 25.7 Å². The molecule has 0 saturated heterocycles. The van der Waals surface area contributed by atoms with Crippen molar-refractivity contribution in [3.05, 3.63) is 58.0 Å². The first-order chi connectivity index (χ1) is 12.7. The number of aryl methyl sites for hydroxylation is 1. The summed E-state index contributed by atoms with van der Waals surface area (Å²) in [6, 6.07) is 12.7. The Balaban J connectivity index is 1.37. The molecule has 2 aliphatic rings. The third kappa shape index (κ3) is 3.44. The van der Waals surface area contributed by atoms with Gasteiger partial charge in [0.2, 0.25) is 0 Å². The van der Waals surface area contributed by atoms with Crippen molar-refractivity contribution >= 4 is 27.8 Å². The van der Waals surface area contributed by atoms with Crippen LogP contribution >= 0.6 is 11.3 Å². The Morgan fingerprint density at radius 2 is 2.08 bits per heavy atom. The summed E-state index contributed by atoms with van der Waals surface area (Å²) in [4.78, 5) is 15.0. The summed E-state index contributed by atoms with van der Waals surface area (Å²) in [6.45, 7) is 2.27. The molecule has 1 unspecified atom stereocenters. The zero-order valence-corrected chi connectivity index (χ0v) is 15.5. The summed E-state index contributed by atoms with van der Waals surface area (Å²) in [7, 11) is 0. The van der Waals surface area contributed by atoms with Gasteiger partial charge in [0.05, 0.1) is 18.7 Å². The minimum absolute atomic E-state index is 0.00739. The fourth-order valence-corrected chi connectivity index (χ4v) is 5.12. The molecule has 1 amide bonds. The third-order valence-corrected chi connectivity index (χ3v) is 6.43. The van der Waals surface area contributed by atoms with Crippen molar-refractivity contribution in [2.24, 2.45) is 0 Å². The van der Waals surface area contributed by atoms with Crippen LogP contribution < -0.4 is 10.2 Å². The number of fused-ring (bicyclic) bond motifs is 1. The third-order valence-electron chi connectivity index (χ3n) is 5.23. The minimum atomic E-state index is 0.00739. The number of nitrogens with zero attached hydrogens (tertiary/aromatic N) is 1. The average molecular weight is 364 g/mol. The first-order valence-electron chi connectivity index (χ1n) is 9.17. The van der Waals surface area contributed by atoms with E-state index in [0.717, 1.165) is 49.3 Å². The molecule has 1 aromatic heterocycles. The first kappa shape index (κ1) is 17.0. The van der Waals surface area contributed by atoms with Crippen molar-refractivity contribution in [3.8, 4) is 6.07 Å². The molecule has 1 aliphatic carbocycles. The van der Waals surface area contributed by atoms with Crippen molar-refractivity contribution in [2.75, 3.05) is 25.0 Å². The van der Waals surface area contributed by atoms with E-state index in [1.807, 2.05) is 6.07 Å². The van der Waals surface area contributed by atoms with Crippen LogP contribution in [0.4, 0.5) is 5.00 Å². The minimum Gasteiger partial charge on any atom is -0.324 e. The molecule has 2 N–H and O–H groups in total. The number of anilines is 1. The van der Waals surface area contributed by atoms with Crippen LogP contribution in [0.3, 0.4) is 0 Å². The standard InChI is InChI=1S/C21H21N3OS/c22-13-18-17-7-4-8-19(17)26-21(18)23-20(25)14-24-11-9-16(10-12-24)15-5-2-1-3-6-15/h1-3,5-6,9H,4,7-8,10-12,14H2,(H,23,25)/p+1. The fourth-order valence-electron chi connectivity index (χ4n) is 3.87. The van der Waals surface area contributed by atoms with E-state index in [1.165, 1.54) is 20.9 Å². The predicted octanol–water partition coefficient (Wildman–Crippen LogP) is 2.42. The molecule has 2 heterocycles. The maximum atomic E-state index is 12.5. The van der Waals surface area contributed by atoms with Crippen molar-refractivity contribution in [3.63, 3.8) is 0 Å².